The lowest BCUT2D eigenvalue weighted by Crippen LogP contribution is -2.38. The normalized spacial score (nSPS) is 11.0. The van der Waals surface area contributed by atoms with Crippen molar-refractivity contribution in [3.05, 3.63) is 53.3 Å². The van der Waals surface area contributed by atoms with Crippen LogP contribution < -0.4 is 10.6 Å². The summed E-state index contributed by atoms with van der Waals surface area (Å²) in [6.45, 7) is 3.72. The summed E-state index contributed by atoms with van der Waals surface area (Å²) in [6, 6.07) is 10.7. The average Bonchev–Trinajstić information content (AvgIpc) is 2.97. The summed E-state index contributed by atoms with van der Waals surface area (Å²) in [5, 5.41) is 10.8. The van der Waals surface area contributed by atoms with Crippen molar-refractivity contribution < 1.29 is 0 Å². The molecular weight excluding hydrogens is 433 g/mol. The van der Waals surface area contributed by atoms with Gasteiger partial charge >= 0.3 is 0 Å². The van der Waals surface area contributed by atoms with Crippen molar-refractivity contribution in [2.75, 3.05) is 19.3 Å². The zero-order valence-electron chi connectivity index (χ0n) is 14.5. The van der Waals surface area contributed by atoms with Crippen molar-refractivity contribution in [1.82, 2.24) is 20.4 Å². The molecule has 0 atom stereocenters. The molecule has 0 radical (unpaired) electrons. The number of hydrogen-bond acceptors (Lipinski definition) is 3. The molecule has 2 rings (SSSR count). The number of aromatic nitrogens is 2. The summed E-state index contributed by atoms with van der Waals surface area (Å²) in [6.07, 6.45) is 1.80. The number of hydrogen-bond donors (Lipinski definition) is 2. The van der Waals surface area contributed by atoms with Crippen LogP contribution >= 0.6 is 35.7 Å². The van der Waals surface area contributed by atoms with E-state index >= 15 is 0 Å². The third-order valence-corrected chi connectivity index (χ3v) is 4.54. The third-order valence-electron chi connectivity index (χ3n) is 3.51. The second-order valence-corrected chi connectivity index (χ2v) is 6.44. The van der Waals surface area contributed by atoms with Crippen LogP contribution in [0.5, 0.6) is 0 Å². The average molecular weight is 459 g/mol. The Bertz CT molecular complexity index is 624. The molecule has 0 fully saturated rings. The molecule has 1 heterocycles. The van der Waals surface area contributed by atoms with Crippen molar-refractivity contribution in [3.8, 4) is 0 Å². The van der Waals surface area contributed by atoms with E-state index in [1.807, 2.05) is 29.6 Å². The summed E-state index contributed by atoms with van der Waals surface area (Å²) < 4.78 is 1.86. The van der Waals surface area contributed by atoms with E-state index in [4.69, 9.17) is 0 Å². The van der Waals surface area contributed by atoms with E-state index in [0.29, 0.717) is 6.54 Å². The minimum Gasteiger partial charge on any atom is -0.356 e. The maximum atomic E-state index is 4.24. The second kappa shape index (κ2) is 11.4. The first kappa shape index (κ1) is 20.8. The number of guanidine groups is 1. The minimum absolute atomic E-state index is 0. The Morgan fingerprint density at radius 2 is 1.96 bits per heavy atom. The van der Waals surface area contributed by atoms with Crippen molar-refractivity contribution in [2.45, 2.75) is 19.2 Å². The number of aryl methyl sites for hydroxylation is 2. The van der Waals surface area contributed by atoms with Crippen LogP contribution in [-0.4, -0.2) is 35.1 Å². The van der Waals surface area contributed by atoms with Crippen LogP contribution in [-0.2, 0) is 19.3 Å². The lowest BCUT2D eigenvalue weighted by atomic mass is 10.2. The van der Waals surface area contributed by atoms with Gasteiger partial charge in [-0.15, -0.1) is 24.0 Å². The van der Waals surface area contributed by atoms with Gasteiger partial charge in [0, 0.05) is 38.3 Å². The first-order chi connectivity index (χ1) is 11.2. The summed E-state index contributed by atoms with van der Waals surface area (Å²) in [5.41, 5.74) is 3.81. The van der Waals surface area contributed by atoms with Crippen LogP contribution in [0.2, 0.25) is 0 Å². The predicted molar refractivity (Wildman–Crippen MR) is 114 cm³/mol. The summed E-state index contributed by atoms with van der Waals surface area (Å²) in [7, 11) is 3.73. The Morgan fingerprint density at radius 3 is 2.58 bits per heavy atom. The lowest BCUT2D eigenvalue weighted by Gasteiger charge is -2.12. The lowest BCUT2D eigenvalue weighted by molar-refractivity contribution is 0.686. The number of thioether (sulfide) groups is 1. The summed E-state index contributed by atoms with van der Waals surface area (Å²) in [5.74, 6) is 2.91. The molecule has 0 aliphatic rings. The van der Waals surface area contributed by atoms with Gasteiger partial charge in [-0.1, -0.05) is 29.8 Å². The Hall–Kier alpha value is -1.22. The summed E-state index contributed by atoms with van der Waals surface area (Å²) in [4.78, 5) is 4.24. The number of benzene rings is 1. The van der Waals surface area contributed by atoms with E-state index in [1.54, 1.807) is 13.2 Å². The Morgan fingerprint density at radius 1 is 1.21 bits per heavy atom. The molecule has 0 spiro atoms. The largest absolute Gasteiger partial charge is 0.356 e. The first-order valence-corrected chi connectivity index (χ1v) is 8.89. The SMILES string of the molecule is CN=C(NCCSCc1ccc(C)cc1)NCc1ccnn1C.I. The fraction of sp³-hybridized carbons (Fsp3) is 0.412. The molecule has 132 valence electrons. The van der Waals surface area contributed by atoms with E-state index in [0.717, 1.165) is 29.7 Å². The summed E-state index contributed by atoms with van der Waals surface area (Å²) >= 11 is 1.92. The highest BCUT2D eigenvalue weighted by atomic mass is 127. The van der Waals surface area contributed by atoms with E-state index in [-0.39, 0.29) is 24.0 Å². The molecule has 0 saturated heterocycles. The van der Waals surface area contributed by atoms with Crippen molar-refractivity contribution in [1.29, 1.82) is 0 Å². The number of nitrogens with zero attached hydrogens (tertiary/aromatic N) is 3. The molecule has 0 bridgehead atoms. The van der Waals surface area contributed by atoms with Gasteiger partial charge in [0.05, 0.1) is 12.2 Å². The van der Waals surface area contributed by atoms with E-state index in [9.17, 15) is 0 Å². The molecule has 1 aromatic heterocycles. The second-order valence-electron chi connectivity index (χ2n) is 5.34. The quantitative estimate of drug-likeness (QED) is 0.290. The predicted octanol–water partition coefficient (Wildman–Crippen LogP) is 2.94. The van der Waals surface area contributed by atoms with Crippen LogP contribution in [0.15, 0.2) is 41.5 Å². The molecular formula is C17H26IN5S. The highest BCUT2D eigenvalue weighted by molar-refractivity contribution is 14.0. The molecule has 24 heavy (non-hydrogen) atoms. The number of nitrogens with one attached hydrogen (secondary N) is 2. The van der Waals surface area contributed by atoms with Crippen molar-refractivity contribution in [3.63, 3.8) is 0 Å². The monoisotopic (exact) mass is 459 g/mol. The highest BCUT2D eigenvalue weighted by Gasteiger charge is 2.01. The van der Waals surface area contributed by atoms with Crippen LogP contribution in [0.25, 0.3) is 0 Å². The molecule has 2 aromatic rings. The van der Waals surface area contributed by atoms with E-state index < -0.39 is 0 Å². The van der Waals surface area contributed by atoms with Gasteiger partial charge in [-0.2, -0.15) is 16.9 Å². The zero-order valence-corrected chi connectivity index (χ0v) is 17.6. The van der Waals surface area contributed by atoms with E-state index in [1.165, 1.54) is 11.1 Å². The number of halogens is 1. The molecule has 0 unspecified atom stereocenters. The fourth-order valence-corrected chi connectivity index (χ4v) is 2.90. The van der Waals surface area contributed by atoms with Crippen LogP contribution in [0.4, 0.5) is 0 Å². The molecule has 2 N–H and O–H groups in total. The first-order valence-electron chi connectivity index (χ1n) is 7.73. The van der Waals surface area contributed by atoms with Crippen LogP contribution in [0.1, 0.15) is 16.8 Å². The van der Waals surface area contributed by atoms with E-state index in [2.05, 4.69) is 51.9 Å². The zero-order chi connectivity index (χ0) is 16.5. The van der Waals surface area contributed by atoms with Gasteiger partial charge in [0.15, 0.2) is 5.96 Å². The van der Waals surface area contributed by atoms with Crippen molar-refractivity contribution >= 4 is 41.7 Å². The van der Waals surface area contributed by atoms with Gasteiger partial charge in [-0.05, 0) is 18.6 Å². The fourth-order valence-electron chi connectivity index (χ4n) is 2.09. The smallest absolute Gasteiger partial charge is 0.191 e. The van der Waals surface area contributed by atoms with Crippen molar-refractivity contribution in [2.24, 2.45) is 12.0 Å². The number of aliphatic imine (C=N–C) groups is 1. The third kappa shape index (κ3) is 7.12. The molecule has 7 heteroatoms. The minimum atomic E-state index is 0. The molecule has 1 aromatic carbocycles. The standard InChI is InChI=1S/C17H25N5S.HI/c1-14-4-6-15(7-5-14)13-23-11-10-19-17(18-2)20-12-16-8-9-21-22(16)3;/h4-9H,10-13H2,1-3H3,(H2,18,19,20);1H. The molecule has 0 saturated carbocycles. The molecule has 0 aliphatic heterocycles. The maximum Gasteiger partial charge on any atom is 0.191 e. The van der Waals surface area contributed by atoms with Gasteiger partial charge in [-0.3, -0.25) is 9.67 Å². The highest BCUT2D eigenvalue weighted by Crippen LogP contribution is 2.12. The molecule has 0 amide bonds. The topological polar surface area (TPSA) is 54.2 Å². The van der Waals surface area contributed by atoms with Gasteiger partial charge in [0.2, 0.25) is 0 Å². The van der Waals surface area contributed by atoms with Gasteiger partial charge in [-0.25, -0.2) is 0 Å². The molecule has 5 nitrogen and oxygen atoms in total. The number of rotatable bonds is 7. The maximum absolute atomic E-state index is 4.24. The van der Waals surface area contributed by atoms with Crippen LogP contribution in [0, 0.1) is 6.92 Å². The van der Waals surface area contributed by atoms with Crippen LogP contribution in [0.3, 0.4) is 0 Å². The van der Waals surface area contributed by atoms with Gasteiger partial charge in [0.1, 0.15) is 0 Å². The van der Waals surface area contributed by atoms with Gasteiger partial charge < -0.3 is 10.6 Å². The molecule has 0 aliphatic carbocycles. The Labute approximate surface area is 165 Å². The Balaban J connectivity index is 0.00000288. The Kier molecular flexibility index (Phi) is 9.85. The van der Waals surface area contributed by atoms with Gasteiger partial charge in [0.25, 0.3) is 0 Å².